The fourth-order valence-corrected chi connectivity index (χ4v) is 2.87. The molecule has 0 aliphatic rings. The lowest BCUT2D eigenvalue weighted by Gasteiger charge is -2.15. The van der Waals surface area contributed by atoms with E-state index in [2.05, 4.69) is 15.6 Å². The fraction of sp³-hybridized carbons (Fsp3) is 0.286. The summed E-state index contributed by atoms with van der Waals surface area (Å²) in [7, 11) is 0. The first-order valence-corrected chi connectivity index (χ1v) is 7.38. The van der Waals surface area contributed by atoms with Gasteiger partial charge in [-0.1, -0.05) is 17.7 Å². The molecule has 6 heteroatoms. The summed E-state index contributed by atoms with van der Waals surface area (Å²) in [4.78, 5) is 16.3. The highest BCUT2D eigenvalue weighted by atomic mass is 35.5. The lowest BCUT2D eigenvalue weighted by atomic mass is 10.1. The van der Waals surface area contributed by atoms with Crippen LogP contribution in [0.4, 0.5) is 11.4 Å². The van der Waals surface area contributed by atoms with E-state index < -0.39 is 0 Å². The van der Waals surface area contributed by atoms with E-state index in [-0.39, 0.29) is 5.91 Å². The number of nitrogens with one attached hydrogen (secondary N) is 2. The molecule has 2 rings (SSSR count). The number of nitrogens with zero attached hydrogens (tertiary/aromatic N) is 1. The molecule has 1 heterocycles. The number of hydrogen-bond donors (Lipinski definition) is 2. The lowest BCUT2D eigenvalue weighted by Crippen LogP contribution is -2.10. The van der Waals surface area contributed by atoms with Crippen molar-refractivity contribution in [2.24, 2.45) is 0 Å². The van der Waals surface area contributed by atoms with Crippen molar-refractivity contribution >= 4 is 40.2 Å². The lowest BCUT2D eigenvalue weighted by molar-refractivity contribution is -0.114. The van der Waals surface area contributed by atoms with Gasteiger partial charge in [-0.2, -0.15) is 0 Å². The normalized spacial score (nSPS) is 10.4. The molecule has 0 aliphatic heterocycles. The Balaban J connectivity index is 2.17. The van der Waals surface area contributed by atoms with Gasteiger partial charge in [-0.3, -0.25) is 4.79 Å². The Kier molecular flexibility index (Phi) is 4.62. The van der Waals surface area contributed by atoms with Crippen LogP contribution in [-0.2, 0) is 11.3 Å². The van der Waals surface area contributed by atoms with Gasteiger partial charge in [-0.05, 0) is 31.0 Å². The molecule has 2 N–H and O–H groups in total. The molecule has 0 bridgehead atoms. The first-order chi connectivity index (χ1) is 9.47. The summed E-state index contributed by atoms with van der Waals surface area (Å²) < 4.78 is 0.543. The van der Waals surface area contributed by atoms with Crippen molar-refractivity contribution in [1.29, 1.82) is 0 Å². The van der Waals surface area contributed by atoms with Crippen molar-refractivity contribution in [3.8, 4) is 0 Å². The third-order valence-corrected chi connectivity index (χ3v) is 4.07. The van der Waals surface area contributed by atoms with Crippen LogP contribution in [-0.4, -0.2) is 10.9 Å². The molecule has 2 aromatic rings. The van der Waals surface area contributed by atoms with E-state index in [1.165, 1.54) is 18.3 Å². The quantitative estimate of drug-likeness (QED) is 0.898. The Labute approximate surface area is 127 Å². The highest BCUT2D eigenvalue weighted by Crippen LogP contribution is 2.28. The van der Waals surface area contributed by atoms with Crippen LogP contribution in [0.2, 0.25) is 4.47 Å². The SMILES string of the molecule is CC(=O)Nc1c(C)ccc(NCc2cnc(Cl)s2)c1C. The van der Waals surface area contributed by atoms with Gasteiger partial charge in [-0.25, -0.2) is 4.98 Å². The number of benzene rings is 1. The Bertz CT molecular complexity index is 639. The highest BCUT2D eigenvalue weighted by Gasteiger charge is 2.09. The van der Waals surface area contributed by atoms with Crippen LogP contribution >= 0.6 is 22.9 Å². The maximum absolute atomic E-state index is 11.3. The standard InChI is InChI=1S/C14H16ClN3OS/c1-8-4-5-12(9(2)13(8)18-10(3)19)16-6-11-7-17-14(15)20-11/h4-5,7,16H,6H2,1-3H3,(H,18,19). The Hall–Kier alpha value is -1.59. The van der Waals surface area contributed by atoms with E-state index in [9.17, 15) is 4.79 Å². The minimum absolute atomic E-state index is 0.0670. The van der Waals surface area contributed by atoms with Crippen molar-refractivity contribution < 1.29 is 4.79 Å². The van der Waals surface area contributed by atoms with Crippen molar-refractivity contribution in [2.45, 2.75) is 27.3 Å². The van der Waals surface area contributed by atoms with E-state index in [1.807, 2.05) is 26.0 Å². The first-order valence-electron chi connectivity index (χ1n) is 6.19. The van der Waals surface area contributed by atoms with Crippen LogP contribution in [0.3, 0.4) is 0 Å². The molecule has 0 saturated heterocycles. The van der Waals surface area contributed by atoms with Crippen molar-refractivity contribution in [3.05, 3.63) is 38.8 Å². The number of amides is 1. The average Bonchev–Trinajstić information content (AvgIpc) is 2.79. The van der Waals surface area contributed by atoms with Crippen LogP contribution in [0.5, 0.6) is 0 Å². The van der Waals surface area contributed by atoms with E-state index in [1.54, 1.807) is 6.20 Å². The van der Waals surface area contributed by atoms with E-state index >= 15 is 0 Å². The number of carbonyl (C=O) groups excluding carboxylic acids is 1. The first kappa shape index (κ1) is 14.8. The summed E-state index contributed by atoms with van der Waals surface area (Å²) in [5.41, 5.74) is 3.92. The maximum atomic E-state index is 11.3. The summed E-state index contributed by atoms with van der Waals surface area (Å²) in [6.45, 7) is 6.14. The molecule has 1 aromatic heterocycles. The topological polar surface area (TPSA) is 54.0 Å². The zero-order chi connectivity index (χ0) is 14.7. The van der Waals surface area contributed by atoms with Gasteiger partial charge in [0.1, 0.15) is 0 Å². The maximum Gasteiger partial charge on any atom is 0.221 e. The third-order valence-electron chi connectivity index (χ3n) is 2.95. The smallest absolute Gasteiger partial charge is 0.221 e. The molecular formula is C14H16ClN3OS. The number of thiazole rings is 1. The average molecular weight is 310 g/mol. The van der Waals surface area contributed by atoms with Crippen molar-refractivity contribution in [2.75, 3.05) is 10.6 Å². The van der Waals surface area contributed by atoms with E-state index in [0.717, 1.165) is 27.4 Å². The van der Waals surface area contributed by atoms with Gasteiger partial charge in [0.15, 0.2) is 4.47 Å². The van der Waals surface area contributed by atoms with Crippen molar-refractivity contribution in [3.63, 3.8) is 0 Å². The molecule has 1 aromatic carbocycles. The fourth-order valence-electron chi connectivity index (χ4n) is 1.95. The van der Waals surface area contributed by atoms with Gasteiger partial charge < -0.3 is 10.6 Å². The van der Waals surface area contributed by atoms with Crippen LogP contribution in [0, 0.1) is 13.8 Å². The van der Waals surface area contributed by atoms with Gasteiger partial charge in [0, 0.05) is 29.4 Å². The number of halogens is 1. The highest BCUT2D eigenvalue weighted by molar-refractivity contribution is 7.15. The summed E-state index contributed by atoms with van der Waals surface area (Å²) in [6, 6.07) is 4.00. The van der Waals surface area contributed by atoms with Crippen LogP contribution in [0.25, 0.3) is 0 Å². The number of hydrogen-bond acceptors (Lipinski definition) is 4. The van der Waals surface area contributed by atoms with Crippen LogP contribution in [0.1, 0.15) is 22.9 Å². The van der Waals surface area contributed by atoms with Crippen molar-refractivity contribution in [1.82, 2.24) is 4.98 Å². The molecule has 4 nitrogen and oxygen atoms in total. The van der Waals surface area contributed by atoms with Gasteiger partial charge in [-0.15, -0.1) is 11.3 Å². The number of aromatic nitrogens is 1. The molecule has 0 aliphatic carbocycles. The number of anilines is 2. The second-order valence-corrected chi connectivity index (χ2v) is 6.24. The zero-order valence-electron chi connectivity index (χ0n) is 11.6. The minimum atomic E-state index is -0.0670. The molecule has 20 heavy (non-hydrogen) atoms. The summed E-state index contributed by atoms with van der Waals surface area (Å²) in [5, 5.41) is 6.22. The van der Waals surface area contributed by atoms with Gasteiger partial charge in [0.2, 0.25) is 5.91 Å². The van der Waals surface area contributed by atoms with E-state index in [0.29, 0.717) is 11.0 Å². The summed E-state index contributed by atoms with van der Waals surface area (Å²) in [6.07, 6.45) is 1.76. The molecule has 0 atom stereocenters. The molecule has 0 saturated carbocycles. The Morgan fingerprint density at radius 3 is 2.75 bits per heavy atom. The molecular weight excluding hydrogens is 294 g/mol. The number of carbonyl (C=O) groups is 1. The van der Waals surface area contributed by atoms with Gasteiger partial charge in [0.25, 0.3) is 0 Å². The van der Waals surface area contributed by atoms with E-state index in [4.69, 9.17) is 11.6 Å². The Morgan fingerprint density at radius 1 is 1.40 bits per heavy atom. The Morgan fingerprint density at radius 2 is 2.15 bits per heavy atom. The number of rotatable bonds is 4. The van der Waals surface area contributed by atoms with Gasteiger partial charge in [0.05, 0.1) is 6.54 Å². The third kappa shape index (κ3) is 3.49. The second-order valence-electron chi connectivity index (χ2n) is 4.54. The van der Waals surface area contributed by atoms with Crippen LogP contribution in [0.15, 0.2) is 18.3 Å². The molecule has 0 spiro atoms. The largest absolute Gasteiger partial charge is 0.380 e. The van der Waals surface area contributed by atoms with Crippen LogP contribution < -0.4 is 10.6 Å². The zero-order valence-corrected chi connectivity index (χ0v) is 13.2. The molecule has 106 valence electrons. The molecule has 0 radical (unpaired) electrons. The predicted molar refractivity (Wildman–Crippen MR) is 84.7 cm³/mol. The molecule has 1 amide bonds. The minimum Gasteiger partial charge on any atom is -0.380 e. The predicted octanol–water partition coefficient (Wildman–Crippen LogP) is 3.98. The molecule has 0 unspecified atom stereocenters. The molecule has 0 fully saturated rings. The number of aryl methyl sites for hydroxylation is 1. The summed E-state index contributed by atoms with van der Waals surface area (Å²) >= 11 is 7.26. The monoisotopic (exact) mass is 309 g/mol. The second kappa shape index (κ2) is 6.24. The summed E-state index contributed by atoms with van der Waals surface area (Å²) in [5.74, 6) is -0.0670. The van der Waals surface area contributed by atoms with Gasteiger partial charge >= 0.3 is 0 Å².